The maximum Gasteiger partial charge on any atom is 0.216 e. The number of aromatic nitrogens is 3. The van der Waals surface area contributed by atoms with Gasteiger partial charge in [0.1, 0.15) is 0 Å². The van der Waals surface area contributed by atoms with Crippen molar-refractivity contribution in [3.63, 3.8) is 0 Å². The van der Waals surface area contributed by atoms with Gasteiger partial charge in [0.15, 0.2) is 5.82 Å². The SMILES string of the molecule is S=c1[nH]nc(-c2ccccc2)n1N=Cc1ccccc1Br. The average molecular weight is 359 g/mol. The van der Waals surface area contributed by atoms with Crippen LogP contribution in [0, 0.1) is 4.77 Å². The second-order valence-electron chi connectivity index (χ2n) is 4.30. The number of benzene rings is 2. The van der Waals surface area contributed by atoms with Crippen LogP contribution in [-0.2, 0) is 0 Å². The smallest absolute Gasteiger partial charge is 0.216 e. The molecule has 0 saturated heterocycles. The minimum absolute atomic E-state index is 0.456. The standard InChI is InChI=1S/C15H11BrN4S/c16-13-9-5-4-8-12(13)10-17-20-14(18-19-15(20)21)11-6-2-1-3-7-11/h1-10H,(H,19,21). The van der Waals surface area contributed by atoms with Gasteiger partial charge in [-0.3, -0.25) is 0 Å². The Morgan fingerprint density at radius 3 is 2.57 bits per heavy atom. The zero-order valence-corrected chi connectivity index (χ0v) is 13.3. The second-order valence-corrected chi connectivity index (χ2v) is 5.54. The van der Waals surface area contributed by atoms with E-state index in [1.54, 1.807) is 10.9 Å². The number of H-pyrrole nitrogens is 1. The first-order valence-corrected chi connectivity index (χ1v) is 7.47. The fraction of sp³-hybridized carbons (Fsp3) is 0. The van der Waals surface area contributed by atoms with Crippen molar-refractivity contribution < 1.29 is 0 Å². The molecule has 0 amide bonds. The van der Waals surface area contributed by atoms with Crippen molar-refractivity contribution in [3.8, 4) is 11.4 Å². The number of hydrogen-bond donors (Lipinski definition) is 1. The summed E-state index contributed by atoms with van der Waals surface area (Å²) in [5.41, 5.74) is 1.92. The molecule has 1 N–H and O–H groups in total. The molecule has 3 rings (SSSR count). The molecule has 0 radical (unpaired) electrons. The Hall–Kier alpha value is -2.05. The molecular formula is C15H11BrN4S. The Labute approximate surface area is 135 Å². The molecule has 3 aromatic rings. The summed E-state index contributed by atoms with van der Waals surface area (Å²) < 4.78 is 3.05. The van der Waals surface area contributed by atoms with Crippen LogP contribution >= 0.6 is 28.1 Å². The van der Waals surface area contributed by atoms with Gasteiger partial charge in [0.05, 0.1) is 6.21 Å². The van der Waals surface area contributed by atoms with Gasteiger partial charge in [-0.1, -0.05) is 64.5 Å². The predicted octanol–water partition coefficient (Wildman–Crippen LogP) is 4.25. The van der Waals surface area contributed by atoms with E-state index in [2.05, 4.69) is 31.2 Å². The number of rotatable bonds is 3. The van der Waals surface area contributed by atoms with E-state index in [9.17, 15) is 0 Å². The number of hydrogen-bond acceptors (Lipinski definition) is 3. The molecule has 0 atom stereocenters. The molecule has 1 aromatic heterocycles. The topological polar surface area (TPSA) is 46.0 Å². The third kappa shape index (κ3) is 3.01. The second kappa shape index (κ2) is 6.15. The maximum atomic E-state index is 5.24. The molecule has 21 heavy (non-hydrogen) atoms. The molecule has 0 spiro atoms. The molecule has 0 saturated carbocycles. The lowest BCUT2D eigenvalue weighted by atomic mass is 10.2. The minimum Gasteiger partial charge on any atom is -0.250 e. The molecular weight excluding hydrogens is 348 g/mol. The summed E-state index contributed by atoms with van der Waals surface area (Å²) in [6.07, 6.45) is 1.75. The van der Waals surface area contributed by atoms with E-state index in [4.69, 9.17) is 12.2 Å². The zero-order valence-electron chi connectivity index (χ0n) is 10.9. The number of aromatic amines is 1. The largest absolute Gasteiger partial charge is 0.250 e. The molecule has 6 heteroatoms. The van der Waals surface area contributed by atoms with E-state index < -0.39 is 0 Å². The van der Waals surface area contributed by atoms with Crippen LogP contribution in [0.3, 0.4) is 0 Å². The van der Waals surface area contributed by atoms with Gasteiger partial charge < -0.3 is 0 Å². The predicted molar refractivity (Wildman–Crippen MR) is 90.0 cm³/mol. The monoisotopic (exact) mass is 358 g/mol. The first-order valence-electron chi connectivity index (χ1n) is 6.27. The normalized spacial score (nSPS) is 11.1. The number of nitrogens with zero attached hydrogens (tertiary/aromatic N) is 3. The summed E-state index contributed by atoms with van der Waals surface area (Å²) in [7, 11) is 0. The van der Waals surface area contributed by atoms with Crippen LogP contribution in [0.15, 0.2) is 64.2 Å². The van der Waals surface area contributed by atoms with Crippen molar-refractivity contribution >= 4 is 34.4 Å². The lowest BCUT2D eigenvalue weighted by molar-refractivity contribution is 0.871. The van der Waals surface area contributed by atoms with Crippen LogP contribution in [0.5, 0.6) is 0 Å². The van der Waals surface area contributed by atoms with Gasteiger partial charge in [-0.25, -0.2) is 5.10 Å². The summed E-state index contributed by atoms with van der Waals surface area (Å²) in [6.45, 7) is 0. The highest BCUT2D eigenvalue weighted by atomic mass is 79.9. The fourth-order valence-corrected chi connectivity index (χ4v) is 2.44. The lowest BCUT2D eigenvalue weighted by Gasteiger charge is -2.01. The van der Waals surface area contributed by atoms with Crippen LogP contribution in [0.2, 0.25) is 0 Å². The highest BCUT2D eigenvalue weighted by Crippen LogP contribution is 2.17. The van der Waals surface area contributed by atoms with Crippen LogP contribution in [0.1, 0.15) is 5.56 Å². The quantitative estimate of drug-likeness (QED) is 0.561. The van der Waals surface area contributed by atoms with Gasteiger partial charge in [0.25, 0.3) is 0 Å². The molecule has 0 aliphatic heterocycles. The fourth-order valence-electron chi connectivity index (χ4n) is 1.87. The summed E-state index contributed by atoms with van der Waals surface area (Å²) in [5.74, 6) is 0.684. The summed E-state index contributed by atoms with van der Waals surface area (Å²) >= 11 is 8.73. The van der Waals surface area contributed by atoms with E-state index in [0.717, 1.165) is 15.6 Å². The highest BCUT2D eigenvalue weighted by molar-refractivity contribution is 9.10. The van der Waals surface area contributed by atoms with Gasteiger partial charge in [0.2, 0.25) is 4.77 Å². The van der Waals surface area contributed by atoms with Gasteiger partial charge in [-0.15, -0.1) is 0 Å². The van der Waals surface area contributed by atoms with Crippen molar-refractivity contribution in [3.05, 3.63) is 69.4 Å². The Kier molecular flexibility index (Phi) is 4.08. The van der Waals surface area contributed by atoms with E-state index >= 15 is 0 Å². The highest BCUT2D eigenvalue weighted by Gasteiger charge is 2.07. The van der Waals surface area contributed by atoms with Gasteiger partial charge in [-0.2, -0.15) is 14.9 Å². The third-order valence-corrected chi connectivity index (χ3v) is 3.89. The van der Waals surface area contributed by atoms with Crippen molar-refractivity contribution in [2.45, 2.75) is 0 Å². The zero-order chi connectivity index (χ0) is 14.7. The first-order chi connectivity index (χ1) is 10.3. The molecule has 0 bridgehead atoms. The minimum atomic E-state index is 0.456. The number of nitrogens with one attached hydrogen (secondary N) is 1. The molecule has 4 nitrogen and oxygen atoms in total. The van der Waals surface area contributed by atoms with Crippen molar-refractivity contribution in [1.29, 1.82) is 0 Å². The molecule has 1 heterocycles. The van der Waals surface area contributed by atoms with E-state index in [0.29, 0.717) is 10.6 Å². The van der Waals surface area contributed by atoms with Crippen molar-refractivity contribution in [1.82, 2.24) is 14.9 Å². The Balaban J connectivity index is 2.02. The van der Waals surface area contributed by atoms with Crippen molar-refractivity contribution in [2.24, 2.45) is 5.10 Å². The Bertz CT molecular complexity index is 836. The van der Waals surface area contributed by atoms with E-state index in [-0.39, 0.29) is 0 Å². The van der Waals surface area contributed by atoms with Crippen LogP contribution < -0.4 is 0 Å². The van der Waals surface area contributed by atoms with Crippen LogP contribution in [0.25, 0.3) is 11.4 Å². The summed E-state index contributed by atoms with van der Waals surface area (Å²) in [6, 6.07) is 17.7. The van der Waals surface area contributed by atoms with Gasteiger partial charge in [0, 0.05) is 15.6 Å². The van der Waals surface area contributed by atoms with Crippen molar-refractivity contribution in [2.75, 3.05) is 0 Å². The number of halogens is 1. The van der Waals surface area contributed by atoms with E-state index in [1.165, 1.54) is 0 Å². The molecule has 0 unspecified atom stereocenters. The maximum absolute atomic E-state index is 5.24. The van der Waals surface area contributed by atoms with Crippen LogP contribution in [-0.4, -0.2) is 21.1 Å². The third-order valence-electron chi connectivity index (χ3n) is 2.90. The van der Waals surface area contributed by atoms with Gasteiger partial charge >= 0.3 is 0 Å². The molecule has 0 fully saturated rings. The van der Waals surface area contributed by atoms with Crippen LogP contribution in [0.4, 0.5) is 0 Å². The molecule has 104 valence electrons. The lowest BCUT2D eigenvalue weighted by Crippen LogP contribution is -1.95. The van der Waals surface area contributed by atoms with E-state index in [1.807, 2.05) is 54.6 Å². The molecule has 2 aromatic carbocycles. The Morgan fingerprint density at radius 2 is 1.81 bits per heavy atom. The first kappa shape index (κ1) is 13.9. The summed E-state index contributed by atoms with van der Waals surface area (Å²) in [4.78, 5) is 0. The average Bonchev–Trinajstić information content (AvgIpc) is 2.88. The molecule has 0 aliphatic carbocycles. The van der Waals surface area contributed by atoms with Gasteiger partial charge in [-0.05, 0) is 18.3 Å². The summed E-state index contributed by atoms with van der Waals surface area (Å²) in [5, 5.41) is 11.5. The Morgan fingerprint density at radius 1 is 1.10 bits per heavy atom. The molecule has 0 aliphatic rings.